The Bertz CT molecular complexity index is 541. The third-order valence-electron chi connectivity index (χ3n) is 3.27. The van der Waals surface area contributed by atoms with Gasteiger partial charge in [-0.25, -0.2) is 4.79 Å². The fourth-order valence-corrected chi connectivity index (χ4v) is 1.93. The average Bonchev–Trinajstić information content (AvgIpc) is 2.54. The number of likely N-dealkylation sites (N-methyl/N-ethyl adjacent to an activating group) is 1. The molecule has 0 aromatic heterocycles. The van der Waals surface area contributed by atoms with Crippen molar-refractivity contribution < 1.29 is 23.9 Å². The van der Waals surface area contributed by atoms with Gasteiger partial charge in [-0.3, -0.25) is 9.59 Å². The molecule has 120 valence electrons. The van der Waals surface area contributed by atoms with Crippen LogP contribution < -0.4 is 5.73 Å². The Balaban J connectivity index is 2.88. The first-order valence-corrected chi connectivity index (χ1v) is 6.68. The van der Waals surface area contributed by atoms with E-state index in [1.165, 1.54) is 26.2 Å². The predicted octanol–water partition coefficient (Wildman–Crippen LogP) is 0.836. The molecule has 0 aliphatic carbocycles. The van der Waals surface area contributed by atoms with E-state index >= 15 is 0 Å². The van der Waals surface area contributed by atoms with Crippen molar-refractivity contribution in [2.75, 3.05) is 27.0 Å². The van der Waals surface area contributed by atoms with Crippen molar-refractivity contribution in [3.63, 3.8) is 0 Å². The zero-order valence-electron chi connectivity index (χ0n) is 12.9. The van der Waals surface area contributed by atoms with Crippen LogP contribution in [0.2, 0.25) is 0 Å². The highest BCUT2D eigenvalue weighted by Crippen LogP contribution is 2.14. The maximum Gasteiger partial charge on any atom is 0.328 e. The second kappa shape index (κ2) is 8.02. The Morgan fingerprint density at radius 3 is 2.23 bits per heavy atom. The molecule has 1 aromatic carbocycles. The standard InChI is InChI=1S/C15H20N2O5/c1-17(14(19)10-4-6-11(16)7-5-10)12(15(20)22-3)8-9-13(18)21-2/h4-7,12H,8-9,16H2,1-3H3. The van der Waals surface area contributed by atoms with Gasteiger partial charge in [0.25, 0.3) is 5.91 Å². The molecule has 0 saturated carbocycles. The van der Waals surface area contributed by atoms with Crippen LogP contribution in [0.15, 0.2) is 24.3 Å². The fourth-order valence-electron chi connectivity index (χ4n) is 1.93. The van der Waals surface area contributed by atoms with Crippen molar-refractivity contribution in [3.8, 4) is 0 Å². The lowest BCUT2D eigenvalue weighted by atomic mass is 10.1. The van der Waals surface area contributed by atoms with E-state index < -0.39 is 18.0 Å². The number of methoxy groups -OCH3 is 2. The van der Waals surface area contributed by atoms with Gasteiger partial charge < -0.3 is 20.1 Å². The lowest BCUT2D eigenvalue weighted by Gasteiger charge is -2.26. The van der Waals surface area contributed by atoms with Crippen molar-refractivity contribution in [3.05, 3.63) is 29.8 Å². The minimum absolute atomic E-state index is 0.00955. The van der Waals surface area contributed by atoms with E-state index in [0.29, 0.717) is 11.3 Å². The molecule has 1 rings (SSSR count). The quantitative estimate of drug-likeness (QED) is 0.617. The Morgan fingerprint density at radius 1 is 1.14 bits per heavy atom. The smallest absolute Gasteiger partial charge is 0.328 e. The summed E-state index contributed by atoms with van der Waals surface area (Å²) in [6.45, 7) is 0. The maximum atomic E-state index is 12.4. The molecule has 22 heavy (non-hydrogen) atoms. The molecule has 7 heteroatoms. The number of carbonyl (C=O) groups is 3. The van der Waals surface area contributed by atoms with E-state index in [2.05, 4.69) is 4.74 Å². The summed E-state index contributed by atoms with van der Waals surface area (Å²) in [6, 6.07) is 5.48. The number of nitrogens with zero attached hydrogens (tertiary/aromatic N) is 1. The van der Waals surface area contributed by atoms with Gasteiger partial charge in [0.15, 0.2) is 0 Å². The Labute approximate surface area is 129 Å². The van der Waals surface area contributed by atoms with Gasteiger partial charge in [-0.05, 0) is 30.7 Å². The number of ether oxygens (including phenoxy) is 2. The number of carbonyl (C=O) groups excluding carboxylic acids is 3. The van der Waals surface area contributed by atoms with E-state index in [1.54, 1.807) is 24.3 Å². The molecule has 0 fully saturated rings. The third-order valence-corrected chi connectivity index (χ3v) is 3.27. The first-order chi connectivity index (χ1) is 10.4. The molecule has 2 N–H and O–H groups in total. The van der Waals surface area contributed by atoms with Crippen LogP contribution in [0.3, 0.4) is 0 Å². The third kappa shape index (κ3) is 4.47. The van der Waals surface area contributed by atoms with E-state index in [1.807, 2.05) is 0 Å². The topological polar surface area (TPSA) is 98.9 Å². The molecule has 0 radical (unpaired) electrons. The summed E-state index contributed by atoms with van der Waals surface area (Å²) in [5, 5.41) is 0. The predicted molar refractivity (Wildman–Crippen MR) is 80.0 cm³/mol. The summed E-state index contributed by atoms with van der Waals surface area (Å²) in [4.78, 5) is 36.7. The second-order valence-corrected chi connectivity index (χ2v) is 4.69. The summed E-state index contributed by atoms with van der Waals surface area (Å²) in [7, 11) is 3.98. The van der Waals surface area contributed by atoms with Crippen LogP contribution in [-0.2, 0) is 19.1 Å². The summed E-state index contributed by atoms with van der Waals surface area (Å²) in [6.07, 6.45) is 0.131. The molecule has 0 bridgehead atoms. The van der Waals surface area contributed by atoms with Crippen molar-refractivity contribution in [2.24, 2.45) is 0 Å². The van der Waals surface area contributed by atoms with Gasteiger partial charge in [-0.15, -0.1) is 0 Å². The summed E-state index contributed by atoms with van der Waals surface area (Å²) in [5.74, 6) is -1.40. The van der Waals surface area contributed by atoms with Crippen LogP contribution >= 0.6 is 0 Å². The molecule has 0 aliphatic rings. The molecule has 7 nitrogen and oxygen atoms in total. The van der Waals surface area contributed by atoms with E-state index in [-0.39, 0.29) is 18.7 Å². The summed E-state index contributed by atoms with van der Waals surface area (Å²) >= 11 is 0. The highest BCUT2D eigenvalue weighted by Gasteiger charge is 2.29. The lowest BCUT2D eigenvalue weighted by Crippen LogP contribution is -2.43. The Morgan fingerprint density at radius 2 is 1.73 bits per heavy atom. The number of nitrogen functional groups attached to an aromatic ring is 1. The molecular formula is C15H20N2O5. The van der Waals surface area contributed by atoms with E-state index in [4.69, 9.17) is 10.5 Å². The number of hydrogen-bond acceptors (Lipinski definition) is 6. The Hall–Kier alpha value is -2.57. The maximum absolute atomic E-state index is 12.4. The minimum Gasteiger partial charge on any atom is -0.469 e. The molecule has 1 aromatic rings. The van der Waals surface area contributed by atoms with Crippen molar-refractivity contribution in [2.45, 2.75) is 18.9 Å². The number of hydrogen-bond donors (Lipinski definition) is 1. The first kappa shape index (κ1) is 17.5. The van der Waals surface area contributed by atoms with Gasteiger partial charge in [-0.2, -0.15) is 0 Å². The SMILES string of the molecule is COC(=O)CCC(C(=O)OC)N(C)C(=O)c1ccc(N)cc1. The number of rotatable bonds is 6. The monoisotopic (exact) mass is 308 g/mol. The normalized spacial score (nSPS) is 11.4. The number of benzene rings is 1. The molecular weight excluding hydrogens is 288 g/mol. The summed E-state index contributed by atoms with van der Waals surface area (Å²) in [5.41, 5.74) is 6.51. The largest absolute Gasteiger partial charge is 0.469 e. The molecule has 1 atom stereocenters. The molecule has 0 heterocycles. The zero-order chi connectivity index (χ0) is 16.7. The number of esters is 2. The van der Waals surface area contributed by atoms with Gasteiger partial charge >= 0.3 is 11.9 Å². The molecule has 0 saturated heterocycles. The number of amides is 1. The van der Waals surface area contributed by atoms with Gasteiger partial charge in [0.05, 0.1) is 14.2 Å². The van der Waals surface area contributed by atoms with Gasteiger partial charge in [0.2, 0.25) is 0 Å². The highest BCUT2D eigenvalue weighted by atomic mass is 16.5. The van der Waals surface area contributed by atoms with Crippen LogP contribution in [0, 0.1) is 0 Å². The number of anilines is 1. The fraction of sp³-hybridized carbons (Fsp3) is 0.400. The minimum atomic E-state index is -0.867. The molecule has 1 unspecified atom stereocenters. The Kier molecular flexibility index (Phi) is 6.37. The molecule has 0 aliphatic heterocycles. The van der Waals surface area contributed by atoms with E-state index in [9.17, 15) is 14.4 Å². The summed E-state index contributed by atoms with van der Waals surface area (Å²) < 4.78 is 9.24. The van der Waals surface area contributed by atoms with Gasteiger partial charge in [0.1, 0.15) is 6.04 Å². The molecule has 0 spiro atoms. The van der Waals surface area contributed by atoms with Crippen molar-refractivity contribution >= 4 is 23.5 Å². The zero-order valence-corrected chi connectivity index (χ0v) is 12.9. The van der Waals surface area contributed by atoms with Crippen LogP contribution in [0.25, 0.3) is 0 Å². The highest BCUT2D eigenvalue weighted by molar-refractivity contribution is 5.97. The van der Waals surface area contributed by atoms with Crippen LogP contribution in [0.5, 0.6) is 0 Å². The first-order valence-electron chi connectivity index (χ1n) is 6.68. The van der Waals surface area contributed by atoms with Crippen molar-refractivity contribution in [1.82, 2.24) is 4.90 Å². The number of nitrogens with two attached hydrogens (primary N) is 1. The van der Waals surface area contributed by atoms with Crippen molar-refractivity contribution in [1.29, 1.82) is 0 Å². The second-order valence-electron chi connectivity index (χ2n) is 4.69. The van der Waals surface area contributed by atoms with Gasteiger partial charge in [-0.1, -0.05) is 0 Å². The van der Waals surface area contributed by atoms with Crippen LogP contribution in [0.4, 0.5) is 5.69 Å². The van der Waals surface area contributed by atoms with Crippen LogP contribution in [0.1, 0.15) is 23.2 Å². The lowest BCUT2D eigenvalue weighted by molar-refractivity contribution is -0.147. The van der Waals surface area contributed by atoms with E-state index in [0.717, 1.165) is 0 Å². The average molecular weight is 308 g/mol. The van der Waals surface area contributed by atoms with Gasteiger partial charge in [0, 0.05) is 24.7 Å². The van der Waals surface area contributed by atoms with Crippen LogP contribution in [-0.4, -0.2) is 50.1 Å². The molecule has 1 amide bonds.